The minimum atomic E-state index is -3.54. The first kappa shape index (κ1) is 14.5. The molecule has 0 bridgehead atoms. The van der Waals surface area contributed by atoms with Gasteiger partial charge < -0.3 is 14.6 Å². The summed E-state index contributed by atoms with van der Waals surface area (Å²) in [6.45, 7) is 2.00. The van der Waals surface area contributed by atoms with Gasteiger partial charge in [0.2, 0.25) is 0 Å². The zero-order valence-corrected chi connectivity index (χ0v) is 12.4. The van der Waals surface area contributed by atoms with Gasteiger partial charge >= 0.3 is 0 Å². The van der Waals surface area contributed by atoms with Crippen LogP contribution in [0.5, 0.6) is 0 Å². The molecule has 8 nitrogen and oxygen atoms in total. The fourth-order valence-electron chi connectivity index (χ4n) is 2.65. The summed E-state index contributed by atoms with van der Waals surface area (Å²) in [5, 5.41) is 0.0846. The molecule has 0 spiro atoms. The zero-order chi connectivity index (χ0) is 14.9. The number of hydrogen-bond acceptors (Lipinski definition) is 5. The number of aromatic nitrogens is 2. The maximum Gasteiger partial charge on any atom is 0.260 e. The summed E-state index contributed by atoms with van der Waals surface area (Å²) < 4.78 is 31.4. The van der Waals surface area contributed by atoms with E-state index in [4.69, 9.17) is 4.74 Å². The monoisotopic (exact) mass is 314 g/mol. The van der Waals surface area contributed by atoms with Gasteiger partial charge in [-0.2, -0.15) is 4.31 Å². The highest BCUT2D eigenvalue weighted by Crippen LogP contribution is 2.18. The van der Waals surface area contributed by atoms with Crippen LogP contribution in [-0.4, -0.2) is 72.4 Å². The zero-order valence-electron chi connectivity index (χ0n) is 11.6. The molecule has 0 saturated carbocycles. The molecular weight excluding hydrogens is 296 g/mol. The number of carbonyl (C=O) groups excluding carboxylic acids is 1. The second-order valence-electron chi connectivity index (χ2n) is 5.15. The topological polar surface area (TPSA) is 95.6 Å². The number of aromatic amines is 1. The summed E-state index contributed by atoms with van der Waals surface area (Å²) in [5.74, 6) is -0.0221. The van der Waals surface area contributed by atoms with Gasteiger partial charge in [-0.05, 0) is 12.8 Å². The molecule has 2 saturated heterocycles. The normalized spacial score (nSPS) is 24.4. The molecule has 0 aromatic carbocycles. The van der Waals surface area contributed by atoms with Crippen molar-refractivity contribution in [2.75, 3.05) is 32.8 Å². The van der Waals surface area contributed by atoms with Crippen molar-refractivity contribution < 1.29 is 17.9 Å². The number of piperazine rings is 1. The molecule has 1 atom stereocenters. The Morgan fingerprint density at radius 1 is 1.33 bits per heavy atom. The van der Waals surface area contributed by atoms with Gasteiger partial charge in [0.25, 0.3) is 15.9 Å². The summed E-state index contributed by atoms with van der Waals surface area (Å²) in [6, 6.07) is 0. The van der Waals surface area contributed by atoms with Gasteiger partial charge in [-0.25, -0.2) is 13.4 Å². The van der Waals surface area contributed by atoms with Crippen LogP contribution in [0.2, 0.25) is 0 Å². The number of hydrogen-bond donors (Lipinski definition) is 1. The molecule has 9 heteroatoms. The number of nitrogens with zero attached hydrogens (tertiary/aromatic N) is 3. The molecule has 1 aromatic heterocycles. The Kier molecular flexibility index (Phi) is 3.96. The average molecular weight is 314 g/mol. The maximum atomic E-state index is 12.3. The SMILES string of the molecule is O=C(C1CCCO1)N1CCN(S(=O)(=O)c2cnc[nH]2)CC1. The molecule has 1 N–H and O–H groups in total. The molecule has 3 rings (SSSR count). The predicted molar refractivity (Wildman–Crippen MR) is 72.9 cm³/mol. The van der Waals surface area contributed by atoms with E-state index in [-0.39, 0.29) is 17.0 Å². The van der Waals surface area contributed by atoms with Crippen molar-refractivity contribution in [2.24, 2.45) is 0 Å². The fourth-order valence-corrected chi connectivity index (χ4v) is 3.97. The Bertz CT molecular complexity index is 587. The summed E-state index contributed by atoms with van der Waals surface area (Å²) >= 11 is 0. The first-order valence-corrected chi connectivity index (χ1v) is 8.42. The Balaban J connectivity index is 1.61. The van der Waals surface area contributed by atoms with E-state index in [9.17, 15) is 13.2 Å². The van der Waals surface area contributed by atoms with Crippen molar-refractivity contribution in [3.05, 3.63) is 12.5 Å². The lowest BCUT2D eigenvalue weighted by Gasteiger charge is -2.34. The van der Waals surface area contributed by atoms with E-state index in [1.807, 2.05) is 0 Å². The van der Waals surface area contributed by atoms with E-state index in [1.54, 1.807) is 4.90 Å². The molecule has 1 amide bonds. The predicted octanol–water partition coefficient (Wildman–Crippen LogP) is -0.578. The van der Waals surface area contributed by atoms with Gasteiger partial charge in [0, 0.05) is 32.8 Å². The summed E-state index contributed by atoms with van der Waals surface area (Å²) in [6.07, 6.45) is 3.94. The van der Waals surface area contributed by atoms with Crippen LogP contribution in [-0.2, 0) is 19.6 Å². The Morgan fingerprint density at radius 2 is 2.10 bits per heavy atom. The Labute approximate surface area is 123 Å². The van der Waals surface area contributed by atoms with Crippen molar-refractivity contribution in [3.8, 4) is 0 Å². The molecule has 2 fully saturated rings. The van der Waals surface area contributed by atoms with E-state index in [2.05, 4.69) is 9.97 Å². The second kappa shape index (κ2) is 5.74. The summed E-state index contributed by atoms with van der Waals surface area (Å²) in [7, 11) is -3.54. The third-order valence-electron chi connectivity index (χ3n) is 3.85. The molecular formula is C12H18N4O4S. The van der Waals surface area contributed by atoms with Crippen LogP contribution in [0, 0.1) is 0 Å². The number of rotatable bonds is 3. The minimum Gasteiger partial charge on any atom is -0.368 e. The molecule has 2 aliphatic heterocycles. The second-order valence-corrected chi connectivity index (χ2v) is 7.05. The molecule has 1 unspecified atom stereocenters. The molecule has 0 aliphatic carbocycles. The lowest BCUT2D eigenvalue weighted by molar-refractivity contribution is -0.142. The van der Waals surface area contributed by atoms with Crippen LogP contribution in [0.15, 0.2) is 17.6 Å². The third-order valence-corrected chi connectivity index (χ3v) is 5.67. The van der Waals surface area contributed by atoms with Crippen molar-refractivity contribution in [2.45, 2.75) is 24.0 Å². The lowest BCUT2D eigenvalue weighted by atomic mass is 10.2. The summed E-state index contributed by atoms with van der Waals surface area (Å²) in [5.41, 5.74) is 0. The maximum absolute atomic E-state index is 12.3. The highest BCUT2D eigenvalue weighted by Gasteiger charge is 2.34. The minimum absolute atomic E-state index is 0.0221. The first-order valence-electron chi connectivity index (χ1n) is 6.98. The number of ether oxygens (including phenoxy) is 1. The highest BCUT2D eigenvalue weighted by molar-refractivity contribution is 7.89. The van der Waals surface area contributed by atoms with E-state index in [1.165, 1.54) is 16.8 Å². The van der Waals surface area contributed by atoms with Crippen LogP contribution in [0.1, 0.15) is 12.8 Å². The van der Waals surface area contributed by atoms with Gasteiger partial charge in [-0.15, -0.1) is 0 Å². The Morgan fingerprint density at radius 3 is 2.67 bits per heavy atom. The molecule has 21 heavy (non-hydrogen) atoms. The van der Waals surface area contributed by atoms with Gasteiger partial charge in [-0.3, -0.25) is 4.79 Å². The van der Waals surface area contributed by atoms with Gasteiger partial charge in [-0.1, -0.05) is 0 Å². The number of amides is 1. The van der Waals surface area contributed by atoms with Crippen molar-refractivity contribution in [1.29, 1.82) is 0 Å². The molecule has 0 radical (unpaired) electrons. The van der Waals surface area contributed by atoms with Crippen molar-refractivity contribution >= 4 is 15.9 Å². The molecule has 116 valence electrons. The standard InChI is InChI=1S/C12H18N4O4S/c17-12(10-2-1-7-20-10)15-3-5-16(6-4-15)21(18,19)11-8-13-9-14-11/h8-10H,1-7H2,(H,13,14). The van der Waals surface area contributed by atoms with E-state index in [0.29, 0.717) is 32.8 Å². The van der Waals surface area contributed by atoms with E-state index < -0.39 is 10.0 Å². The van der Waals surface area contributed by atoms with Gasteiger partial charge in [0.15, 0.2) is 5.03 Å². The molecule has 2 aliphatic rings. The van der Waals surface area contributed by atoms with Crippen molar-refractivity contribution in [1.82, 2.24) is 19.2 Å². The smallest absolute Gasteiger partial charge is 0.260 e. The van der Waals surface area contributed by atoms with E-state index in [0.717, 1.165) is 12.8 Å². The number of H-pyrrole nitrogens is 1. The summed E-state index contributed by atoms with van der Waals surface area (Å²) in [4.78, 5) is 20.2. The van der Waals surface area contributed by atoms with Crippen LogP contribution >= 0.6 is 0 Å². The van der Waals surface area contributed by atoms with Crippen molar-refractivity contribution in [3.63, 3.8) is 0 Å². The van der Waals surface area contributed by atoms with Gasteiger partial charge in [0.05, 0.1) is 12.5 Å². The fraction of sp³-hybridized carbons (Fsp3) is 0.667. The Hall–Kier alpha value is -1.45. The van der Waals surface area contributed by atoms with Crippen LogP contribution in [0.25, 0.3) is 0 Å². The molecule has 3 heterocycles. The van der Waals surface area contributed by atoms with Gasteiger partial charge in [0.1, 0.15) is 6.10 Å². The number of nitrogens with one attached hydrogen (secondary N) is 1. The third kappa shape index (κ3) is 2.81. The number of imidazole rings is 1. The van der Waals surface area contributed by atoms with E-state index >= 15 is 0 Å². The lowest BCUT2D eigenvalue weighted by Crippen LogP contribution is -2.52. The quantitative estimate of drug-likeness (QED) is 0.805. The van der Waals surface area contributed by atoms with Crippen LogP contribution < -0.4 is 0 Å². The van der Waals surface area contributed by atoms with Crippen LogP contribution in [0.4, 0.5) is 0 Å². The van der Waals surface area contributed by atoms with Crippen LogP contribution in [0.3, 0.4) is 0 Å². The molecule has 1 aromatic rings. The highest BCUT2D eigenvalue weighted by atomic mass is 32.2. The average Bonchev–Trinajstić information content (AvgIpc) is 3.19. The first-order chi connectivity index (χ1) is 10.1. The number of sulfonamides is 1. The largest absolute Gasteiger partial charge is 0.368 e. The number of carbonyl (C=O) groups is 1.